The standard InChI is InChI=1S/C13H16F2N2O3S/c14-11-3-2-10(7-12(11)15)21(19,20)16-5-6-17-9(8-16)1-4-13(17)18/h2,7,9,11H,1,3-6,8H2/t9-,11?/m1/s1. The van der Waals surface area contributed by atoms with Gasteiger partial charge in [-0.15, -0.1) is 0 Å². The van der Waals surface area contributed by atoms with E-state index in [0.29, 0.717) is 19.4 Å². The topological polar surface area (TPSA) is 57.7 Å². The van der Waals surface area contributed by atoms with Crippen LogP contribution in [0.3, 0.4) is 0 Å². The van der Waals surface area contributed by atoms with E-state index in [1.165, 1.54) is 10.4 Å². The van der Waals surface area contributed by atoms with Gasteiger partial charge in [-0.05, 0) is 12.5 Å². The third-order valence-corrected chi connectivity index (χ3v) is 6.09. The fraction of sp³-hybridized carbons (Fsp3) is 0.615. The van der Waals surface area contributed by atoms with E-state index < -0.39 is 22.0 Å². The van der Waals surface area contributed by atoms with E-state index in [-0.39, 0.29) is 36.4 Å². The molecule has 21 heavy (non-hydrogen) atoms. The number of sulfonamides is 1. The highest BCUT2D eigenvalue weighted by Gasteiger charge is 2.40. The minimum absolute atomic E-state index is 0.0557. The number of alkyl halides is 1. The predicted octanol–water partition coefficient (Wildman–Crippen LogP) is 1.10. The van der Waals surface area contributed by atoms with Crippen molar-refractivity contribution >= 4 is 15.9 Å². The van der Waals surface area contributed by atoms with Gasteiger partial charge in [0.25, 0.3) is 0 Å². The van der Waals surface area contributed by atoms with Crippen LogP contribution in [-0.4, -0.2) is 55.4 Å². The molecular weight excluding hydrogens is 302 g/mol. The largest absolute Gasteiger partial charge is 0.337 e. The van der Waals surface area contributed by atoms with E-state index in [1.54, 1.807) is 4.90 Å². The van der Waals surface area contributed by atoms with Gasteiger partial charge in [0, 0.05) is 38.5 Å². The van der Waals surface area contributed by atoms with Gasteiger partial charge < -0.3 is 4.90 Å². The Morgan fingerprint density at radius 1 is 1.29 bits per heavy atom. The van der Waals surface area contributed by atoms with Crippen LogP contribution < -0.4 is 0 Å². The molecule has 2 saturated heterocycles. The first kappa shape index (κ1) is 14.6. The van der Waals surface area contributed by atoms with Crippen LogP contribution in [0.15, 0.2) is 22.9 Å². The van der Waals surface area contributed by atoms with E-state index in [4.69, 9.17) is 0 Å². The summed E-state index contributed by atoms with van der Waals surface area (Å²) in [6, 6.07) is -0.104. The SMILES string of the molecule is O=C1CC[C@@H]2CN(S(=O)(=O)C3=CCC(F)C(F)=C3)CCN12. The van der Waals surface area contributed by atoms with Crippen LogP contribution in [-0.2, 0) is 14.8 Å². The number of nitrogens with zero attached hydrogens (tertiary/aromatic N) is 2. The van der Waals surface area contributed by atoms with Crippen LogP contribution in [0.5, 0.6) is 0 Å². The molecule has 3 aliphatic rings. The smallest absolute Gasteiger partial charge is 0.242 e. The molecule has 1 amide bonds. The van der Waals surface area contributed by atoms with Crippen molar-refractivity contribution in [2.24, 2.45) is 0 Å². The van der Waals surface area contributed by atoms with Crippen LogP contribution in [0, 0.1) is 0 Å². The molecule has 8 heteroatoms. The summed E-state index contributed by atoms with van der Waals surface area (Å²) < 4.78 is 52.6. The number of rotatable bonds is 2. The molecular formula is C13H16F2N2O3S. The van der Waals surface area contributed by atoms with E-state index in [1.807, 2.05) is 0 Å². The predicted molar refractivity (Wildman–Crippen MR) is 72.0 cm³/mol. The van der Waals surface area contributed by atoms with Crippen LogP contribution in [0.2, 0.25) is 0 Å². The maximum atomic E-state index is 13.3. The van der Waals surface area contributed by atoms with Gasteiger partial charge >= 0.3 is 0 Å². The van der Waals surface area contributed by atoms with Gasteiger partial charge in [-0.3, -0.25) is 4.79 Å². The maximum absolute atomic E-state index is 13.3. The Labute approximate surface area is 121 Å². The zero-order valence-corrected chi connectivity index (χ0v) is 12.2. The minimum atomic E-state index is -3.82. The van der Waals surface area contributed by atoms with Crippen molar-refractivity contribution in [2.75, 3.05) is 19.6 Å². The Kier molecular flexibility index (Phi) is 3.61. The van der Waals surface area contributed by atoms with Gasteiger partial charge in [-0.25, -0.2) is 17.2 Å². The zero-order valence-electron chi connectivity index (χ0n) is 11.3. The number of allylic oxidation sites excluding steroid dienone is 3. The number of hydrogen-bond donors (Lipinski definition) is 0. The molecule has 0 N–H and O–H groups in total. The minimum Gasteiger partial charge on any atom is -0.337 e. The molecule has 1 aliphatic carbocycles. The van der Waals surface area contributed by atoms with Crippen LogP contribution >= 0.6 is 0 Å². The molecule has 0 bridgehead atoms. The van der Waals surface area contributed by atoms with Gasteiger partial charge in [0.1, 0.15) is 5.83 Å². The summed E-state index contributed by atoms with van der Waals surface area (Å²) in [5, 5.41) is 0. The molecule has 0 spiro atoms. The molecule has 0 aromatic carbocycles. The Hall–Kier alpha value is -1.28. The summed E-state index contributed by atoms with van der Waals surface area (Å²) in [5.74, 6) is -0.995. The molecule has 1 unspecified atom stereocenters. The molecule has 0 aromatic rings. The fourth-order valence-electron chi connectivity index (χ4n) is 3.00. The Bertz CT molecular complexity index is 629. The Balaban J connectivity index is 1.79. The third kappa shape index (κ3) is 2.50. The summed E-state index contributed by atoms with van der Waals surface area (Å²) in [5.41, 5.74) is 0. The number of piperazine rings is 1. The van der Waals surface area contributed by atoms with Crippen molar-refractivity contribution < 1.29 is 22.0 Å². The third-order valence-electron chi connectivity index (χ3n) is 4.20. The summed E-state index contributed by atoms with van der Waals surface area (Å²) in [6.45, 7) is 0.768. The molecule has 116 valence electrons. The zero-order chi connectivity index (χ0) is 15.2. The first-order valence-electron chi connectivity index (χ1n) is 6.90. The fourth-order valence-corrected chi connectivity index (χ4v) is 4.56. The average molecular weight is 318 g/mol. The molecule has 0 saturated carbocycles. The van der Waals surface area contributed by atoms with Crippen LogP contribution in [0.1, 0.15) is 19.3 Å². The van der Waals surface area contributed by atoms with Crippen molar-refractivity contribution in [2.45, 2.75) is 31.5 Å². The molecule has 0 radical (unpaired) electrons. The normalized spacial score (nSPS) is 31.0. The highest BCUT2D eigenvalue weighted by Crippen LogP contribution is 2.30. The lowest BCUT2D eigenvalue weighted by molar-refractivity contribution is -0.130. The van der Waals surface area contributed by atoms with Crippen molar-refractivity contribution in [3.63, 3.8) is 0 Å². The lowest BCUT2D eigenvalue weighted by Crippen LogP contribution is -2.53. The quantitative estimate of drug-likeness (QED) is 0.766. The lowest BCUT2D eigenvalue weighted by atomic mass is 10.1. The van der Waals surface area contributed by atoms with Gasteiger partial charge in [0.2, 0.25) is 15.9 Å². The number of halogens is 2. The number of hydrogen-bond acceptors (Lipinski definition) is 3. The van der Waals surface area contributed by atoms with Gasteiger partial charge in [-0.1, -0.05) is 6.08 Å². The first-order valence-corrected chi connectivity index (χ1v) is 8.34. The molecule has 3 rings (SSSR count). The van der Waals surface area contributed by atoms with Crippen molar-refractivity contribution in [3.8, 4) is 0 Å². The van der Waals surface area contributed by atoms with E-state index >= 15 is 0 Å². The van der Waals surface area contributed by atoms with Gasteiger partial charge in [-0.2, -0.15) is 4.31 Å². The second-order valence-corrected chi connectivity index (χ2v) is 7.42. The molecule has 2 fully saturated rings. The number of fused-ring (bicyclic) bond motifs is 1. The number of carbonyl (C=O) groups excluding carboxylic acids is 1. The van der Waals surface area contributed by atoms with E-state index in [0.717, 1.165) is 6.08 Å². The van der Waals surface area contributed by atoms with Gasteiger partial charge in [0.05, 0.1) is 4.91 Å². The van der Waals surface area contributed by atoms with Crippen molar-refractivity contribution in [1.29, 1.82) is 0 Å². The summed E-state index contributed by atoms with van der Waals surface area (Å²) in [6.07, 6.45) is 1.04. The summed E-state index contributed by atoms with van der Waals surface area (Å²) in [7, 11) is -3.82. The summed E-state index contributed by atoms with van der Waals surface area (Å²) >= 11 is 0. The Morgan fingerprint density at radius 3 is 2.76 bits per heavy atom. The highest BCUT2D eigenvalue weighted by molar-refractivity contribution is 7.93. The highest BCUT2D eigenvalue weighted by atomic mass is 32.2. The first-order chi connectivity index (χ1) is 9.89. The Morgan fingerprint density at radius 2 is 2.05 bits per heavy atom. The molecule has 2 heterocycles. The molecule has 2 atom stereocenters. The monoisotopic (exact) mass is 318 g/mol. The van der Waals surface area contributed by atoms with Crippen LogP contribution in [0.4, 0.5) is 8.78 Å². The van der Waals surface area contributed by atoms with E-state index in [2.05, 4.69) is 0 Å². The van der Waals surface area contributed by atoms with Crippen LogP contribution in [0.25, 0.3) is 0 Å². The lowest BCUT2D eigenvalue weighted by Gasteiger charge is -2.37. The van der Waals surface area contributed by atoms with E-state index in [9.17, 15) is 22.0 Å². The number of carbonyl (C=O) groups is 1. The van der Waals surface area contributed by atoms with Crippen molar-refractivity contribution in [1.82, 2.24) is 9.21 Å². The number of amides is 1. The second kappa shape index (κ2) is 5.17. The van der Waals surface area contributed by atoms with Crippen molar-refractivity contribution in [3.05, 3.63) is 22.9 Å². The molecule has 2 aliphatic heterocycles. The second-order valence-electron chi connectivity index (χ2n) is 5.48. The average Bonchev–Trinajstić information content (AvgIpc) is 2.83. The molecule has 0 aromatic heterocycles. The van der Waals surface area contributed by atoms with Gasteiger partial charge in [0.15, 0.2) is 6.17 Å². The summed E-state index contributed by atoms with van der Waals surface area (Å²) in [4.78, 5) is 13.1. The maximum Gasteiger partial charge on any atom is 0.242 e. The molecule has 5 nitrogen and oxygen atoms in total.